The highest BCUT2D eigenvalue weighted by molar-refractivity contribution is 7.27. The van der Waals surface area contributed by atoms with Gasteiger partial charge in [-0.05, 0) is 41.5 Å². The van der Waals surface area contributed by atoms with Gasteiger partial charge in [-0.25, -0.2) is 49.8 Å². The quantitative estimate of drug-likeness (QED) is 0.110. The molecule has 0 saturated carbocycles. The van der Waals surface area contributed by atoms with E-state index in [9.17, 15) is 0 Å². The lowest BCUT2D eigenvalue weighted by molar-refractivity contribution is 1.08. The Balaban J connectivity index is 0.000000149. The van der Waals surface area contributed by atoms with E-state index in [4.69, 9.17) is 49.8 Å². The van der Waals surface area contributed by atoms with Crippen LogP contribution in [0.1, 0.15) is 0 Å². The topological polar surface area (TPSA) is 129 Å². The number of aromatic nitrogens is 10. The molecule has 0 aliphatic heterocycles. The predicted octanol–water partition coefficient (Wildman–Crippen LogP) is 23.7. The third kappa shape index (κ3) is 12.5. The van der Waals surface area contributed by atoms with Crippen LogP contribution in [0.25, 0.3) is 188 Å². The van der Waals surface area contributed by atoms with Crippen molar-refractivity contribution in [2.75, 3.05) is 0 Å². The molecule has 13 aromatic carbocycles. The number of rotatable bonds is 13. The monoisotopic (exact) mass is 1370 g/mol. The summed E-state index contributed by atoms with van der Waals surface area (Å²) in [6, 6.07) is 120. The van der Waals surface area contributed by atoms with Gasteiger partial charge in [-0.15, -0.1) is 22.7 Å². The Labute approximate surface area is 607 Å². The van der Waals surface area contributed by atoms with Crippen LogP contribution in [0.4, 0.5) is 0 Å². The van der Waals surface area contributed by atoms with Gasteiger partial charge in [0.1, 0.15) is 0 Å². The summed E-state index contributed by atoms with van der Waals surface area (Å²) >= 11 is 3.54. The average molecular weight is 1370 g/mol. The van der Waals surface area contributed by atoms with E-state index in [2.05, 4.69) is 158 Å². The first-order valence-corrected chi connectivity index (χ1v) is 35.9. The average Bonchev–Trinajstić information content (AvgIpc) is 1.62. The molecule has 0 unspecified atom stereocenters. The SMILES string of the molecule is c1ccc(-c2cc(-c3ccccc3)nc(-c3ccc(-c4cccc5c4sc4cccc(-c6nc(-c7ccccc7)nc(-c7ccccc7)n6)c45)cc3)n2)cc1.c1ccc(-c2cc(-c3ccccc3)nc(-c3cccc4sc5c(-c6nc(-c7ccccc7)nc(-c7ccccc7)n6)cccc5c34)n2)cc1. The van der Waals surface area contributed by atoms with Gasteiger partial charge in [0.2, 0.25) is 0 Å². The largest absolute Gasteiger partial charge is 0.228 e. The summed E-state index contributed by atoms with van der Waals surface area (Å²) in [7, 11) is 0. The molecule has 0 bridgehead atoms. The van der Waals surface area contributed by atoms with Crippen molar-refractivity contribution in [3.8, 4) is 147 Å². The zero-order valence-electron chi connectivity index (χ0n) is 55.8. The number of hydrogen-bond donors (Lipinski definition) is 0. The zero-order chi connectivity index (χ0) is 69.1. The smallest absolute Gasteiger partial charge is 0.165 e. The minimum Gasteiger partial charge on any atom is -0.228 e. The molecule has 10 nitrogen and oxygen atoms in total. The normalized spacial score (nSPS) is 11.3. The van der Waals surface area contributed by atoms with Crippen molar-refractivity contribution in [3.63, 3.8) is 0 Å². The summed E-state index contributed by atoms with van der Waals surface area (Å²) < 4.78 is 4.65. The van der Waals surface area contributed by atoms with E-state index < -0.39 is 0 Å². The third-order valence-corrected chi connectivity index (χ3v) is 20.8. The van der Waals surface area contributed by atoms with Gasteiger partial charge in [0.25, 0.3) is 0 Å². The highest BCUT2D eigenvalue weighted by Gasteiger charge is 2.23. The number of nitrogens with zero attached hydrogens (tertiary/aromatic N) is 10. The van der Waals surface area contributed by atoms with Gasteiger partial charge in [-0.3, -0.25) is 0 Å². The standard InChI is InChI=1S/C49H31N5S.C43H27N5S/c1-5-15-33(16-6-1)41-31-42(34-17-7-2-8-18-34)51-46(50-41)37-29-27-32(28-30-37)38-23-13-24-39-44-40(25-14-26-43(44)55-45(38)39)49-53-47(35-19-9-3-10-20-35)52-48(54-49)36-21-11-4-12-22-36;1-5-15-28(16-6-1)35-27-36(29-17-7-2-8-18-29)45-42(44-35)33-24-14-26-37-38(33)32-23-13-25-34(39(32)49-37)43-47-40(30-19-9-3-10-20-30)46-41(48-43)31-21-11-4-12-22-31/h1-31H;1-27H. The Bertz CT molecular complexity index is 6080. The van der Waals surface area contributed by atoms with Crippen molar-refractivity contribution < 1.29 is 0 Å². The minimum absolute atomic E-state index is 0.639. The number of fused-ring (bicyclic) bond motifs is 6. The van der Waals surface area contributed by atoms with Crippen molar-refractivity contribution in [2.24, 2.45) is 0 Å². The number of hydrogen-bond acceptors (Lipinski definition) is 12. The molecule has 0 atom stereocenters. The Morgan fingerprint density at radius 3 is 0.760 bits per heavy atom. The molecule has 0 fully saturated rings. The molecule has 104 heavy (non-hydrogen) atoms. The summed E-state index contributed by atoms with van der Waals surface area (Å²) in [6.45, 7) is 0. The lowest BCUT2D eigenvalue weighted by Gasteiger charge is -2.11. The van der Waals surface area contributed by atoms with Crippen molar-refractivity contribution >= 4 is 63.0 Å². The fraction of sp³-hybridized carbons (Fsp3) is 0. The van der Waals surface area contributed by atoms with E-state index in [1.807, 2.05) is 194 Å². The van der Waals surface area contributed by atoms with Crippen LogP contribution in [-0.2, 0) is 0 Å². The fourth-order valence-corrected chi connectivity index (χ4v) is 15.8. The summed E-state index contributed by atoms with van der Waals surface area (Å²) in [6.07, 6.45) is 0. The molecule has 6 aromatic heterocycles. The van der Waals surface area contributed by atoms with Gasteiger partial charge in [0.15, 0.2) is 46.6 Å². The predicted molar refractivity (Wildman–Crippen MR) is 427 cm³/mol. The second kappa shape index (κ2) is 27.9. The Morgan fingerprint density at radius 2 is 0.404 bits per heavy atom. The lowest BCUT2D eigenvalue weighted by Crippen LogP contribution is -2.00. The third-order valence-electron chi connectivity index (χ3n) is 18.4. The zero-order valence-corrected chi connectivity index (χ0v) is 57.4. The summed E-state index contributed by atoms with van der Waals surface area (Å²) in [5.41, 5.74) is 17.7. The van der Waals surface area contributed by atoms with Gasteiger partial charge < -0.3 is 0 Å². The first-order valence-electron chi connectivity index (χ1n) is 34.3. The summed E-state index contributed by atoms with van der Waals surface area (Å²) in [5, 5.41) is 4.55. The molecule has 488 valence electrons. The molecule has 0 aliphatic rings. The molecule has 0 radical (unpaired) electrons. The van der Waals surface area contributed by atoms with E-state index in [1.54, 1.807) is 22.7 Å². The van der Waals surface area contributed by atoms with Crippen molar-refractivity contribution in [1.29, 1.82) is 0 Å². The molecule has 19 aromatic rings. The van der Waals surface area contributed by atoms with Crippen molar-refractivity contribution in [2.45, 2.75) is 0 Å². The van der Waals surface area contributed by atoms with Crippen LogP contribution in [0.5, 0.6) is 0 Å². The Kier molecular flexibility index (Phi) is 16.8. The molecule has 0 saturated heterocycles. The van der Waals surface area contributed by atoms with Crippen LogP contribution in [0.3, 0.4) is 0 Å². The second-order valence-electron chi connectivity index (χ2n) is 25.0. The maximum atomic E-state index is 5.17. The van der Waals surface area contributed by atoms with Crippen LogP contribution >= 0.6 is 22.7 Å². The first kappa shape index (κ1) is 62.7. The molecule has 0 spiro atoms. The molecular weight excluding hydrogens is 1310 g/mol. The van der Waals surface area contributed by atoms with E-state index in [0.29, 0.717) is 46.6 Å². The number of benzene rings is 13. The highest BCUT2D eigenvalue weighted by atomic mass is 32.1. The molecular formula is C92H58N10S2. The highest BCUT2D eigenvalue weighted by Crippen LogP contribution is 2.46. The summed E-state index contributed by atoms with van der Waals surface area (Å²) in [5.74, 6) is 5.25. The number of thiophene rings is 2. The maximum Gasteiger partial charge on any atom is 0.165 e. The van der Waals surface area contributed by atoms with Crippen LogP contribution in [0.15, 0.2) is 352 Å². The van der Waals surface area contributed by atoms with Crippen molar-refractivity contribution in [3.05, 3.63) is 352 Å². The van der Waals surface area contributed by atoms with Crippen LogP contribution < -0.4 is 0 Å². The van der Waals surface area contributed by atoms with Crippen LogP contribution in [0.2, 0.25) is 0 Å². The first-order chi connectivity index (χ1) is 51.5. The van der Waals surface area contributed by atoms with E-state index >= 15 is 0 Å². The van der Waals surface area contributed by atoms with Crippen LogP contribution in [-0.4, -0.2) is 49.8 Å². The molecule has 6 heterocycles. The Morgan fingerprint density at radius 1 is 0.163 bits per heavy atom. The van der Waals surface area contributed by atoms with E-state index in [1.165, 1.54) is 20.3 Å². The van der Waals surface area contributed by atoms with Gasteiger partial charge in [-0.1, -0.05) is 322 Å². The fourth-order valence-electron chi connectivity index (χ4n) is 13.3. The van der Waals surface area contributed by atoms with Gasteiger partial charge >= 0.3 is 0 Å². The second-order valence-corrected chi connectivity index (χ2v) is 27.1. The van der Waals surface area contributed by atoms with E-state index in [0.717, 1.165) is 121 Å². The van der Waals surface area contributed by atoms with Crippen LogP contribution in [0, 0.1) is 0 Å². The Hall–Kier alpha value is -13.5. The van der Waals surface area contributed by atoms with Gasteiger partial charge in [0, 0.05) is 107 Å². The molecule has 19 rings (SSSR count). The maximum absolute atomic E-state index is 5.17. The molecule has 0 aliphatic carbocycles. The molecule has 0 amide bonds. The lowest BCUT2D eigenvalue weighted by atomic mass is 9.99. The van der Waals surface area contributed by atoms with Gasteiger partial charge in [-0.2, -0.15) is 0 Å². The summed E-state index contributed by atoms with van der Waals surface area (Å²) in [4.78, 5) is 50.5. The van der Waals surface area contributed by atoms with Gasteiger partial charge in [0.05, 0.1) is 22.8 Å². The van der Waals surface area contributed by atoms with Crippen molar-refractivity contribution in [1.82, 2.24) is 49.8 Å². The molecule has 0 N–H and O–H groups in total. The molecule has 12 heteroatoms. The van der Waals surface area contributed by atoms with E-state index in [-0.39, 0.29) is 0 Å². The minimum atomic E-state index is 0.639.